The van der Waals surface area contributed by atoms with Gasteiger partial charge in [0.05, 0.1) is 17.7 Å². The van der Waals surface area contributed by atoms with Gasteiger partial charge < -0.3 is 19.9 Å². The molecule has 0 unspecified atom stereocenters. The van der Waals surface area contributed by atoms with Gasteiger partial charge in [-0.3, -0.25) is 9.48 Å². The average molecular weight is 354 g/mol. The standard InChI is InChI=1S/C18H22N6O2/c1-23-10-6-15(22-23)20-18(25)13-12-19-14-4-5-16(21-17(13)14)26-11-3-9-24-7-2-8-24/h4-6,10,12,19H,2-3,7-9,11H2,1H3,(H,20,22,25). The van der Waals surface area contributed by atoms with Gasteiger partial charge in [-0.1, -0.05) is 0 Å². The maximum Gasteiger partial charge on any atom is 0.260 e. The number of hydrogen-bond acceptors (Lipinski definition) is 5. The summed E-state index contributed by atoms with van der Waals surface area (Å²) in [6, 6.07) is 5.44. The molecule has 26 heavy (non-hydrogen) atoms. The third-order valence-corrected chi connectivity index (χ3v) is 4.51. The molecule has 1 saturated heterocycles. The average Bonchev–Trinajstić information content (AvgIpc) is 3.18. The van der Waals surface area contributed by atoms with E-state index in [1.54, 1.807) is 30.2 Å². The molecule has 4 heterocycles. The lowest BCUT2D eigenvalue weighted by Crippen LogP contribution is -2.38. The Labute approximate surface area is 151 Å². The smallest absolute Gasteiger partial charge is 0.260 e. The molecule has 0 atom stereocenters. The first-order valence-corrected chi connectivity index (χ1v) is 8.83. The van der Waals surface area contributed by atoms with Crippen molar-refractivity contribution in [2.45, 2.75) is 12.8 Å². The normalized spacial score (nSPS) is 14.3. The van der Waals surface area contributed by atoms with E-state index in [4.69, 9.17) is 4.74 Å². The molecule has 0 aromatic carbocycles. The zero-order valence-electron chi connectivity index (χ0n) is 14.7. The van der Waals surface area contributed by atoms with Gasteiger partial charge in [0.1, 0.15) is 5.52 Å². The summed E-state index contributed by atoms with van der Waals surface area (Å²) < 4.78 is 7.39. The Hall–Kier alpha value is -2.87. The molecule has 2 N–H and O–H groups in total. The molecule has 1 amide bonds. The van der Waals surface area contributed by atoms with Gasteiger partial charge >= 0.3 is 0 Å². The van der Waals surface area contributed by atoms with E-state index in [9.17, 15) is 4.79 Å². The summed E-state index contributed by atoms with van der Waals surface area (Å²) >= 11 is 0. The Morgan fingerprint density at radius 1 is 1.35 bits per heavy atom. The maximum atomic E-state index is 12.5. The molecule has 8 nitrogen and oxygen atoms in total. The molecule has 0 spiro atoms. The molecule has 1 aliphatic rings. The fourth-order valence-electron chi connectivity index (χ4n) is 2.97. The summed E-state index contributed by atoms with van der Waals surface area (Å²) in [5.74, 6) is 0.787. The third kappa shape index (κ3) is 3.55. The number of aryl methyl sites for hydroxylation is 1. The van der Waals surface area contributed by atoms with E-state index < -0.39 is 0 Å². The summed E-state index contributed by atoms with van der Waals surface area (Å²) in [7, 11) is 1.80. The number of anilines is 1. The third-order valence-electron chi connectivity index (χ3n) is 4.51. The van der Waals surface area contributed by atoms with Crippen molar-refractivity contribution in [3.8, 4) is 5.88 Å². The highest BCUT2D eigenvalue weighted by molar-refractivity contribution is 6.11. The SMILES string of the molecule is Cn1ccc(NC(=O)c2c[nH]c3ccc(OCCCN4CCC4)nc23)n1. The number of likely N-dealkylation sites (tertiary alicyclic amines) is 1. The first-order valence-electron chi connectivity index (χ1n) is 8.83. The predicted octanol–water partition coefficient (Wildman–Crippen LogP) is 2.02. The van der Waals surface area contributed by atoms with Gasteiger partial charge in [0.15, 0.2) is 5.82 Å². The zero-order chi connectivity index (χ0) is 17.9. The van der Waals surface area contributed by atoms with Crippen LogP contribution < -0.4 is 10.1 Å². The van der Waals surface area contributed by atoms with Gasteiger partial charge in [0.25, 0.3) is 5.91 Å². The zero-order valence-corrected chi connectivity index (χ0v) is 14.7. The molecule has 4 rings (SSSR count). The molecule has 1 aliphatic heterocycles. The van der Waals surface area contributed by atoms with Crippen molar-refractivity contribution in [2.75, 3.05) is 31.6 Å². The number of H-pyrrole nitrogens is 1. The van der Waals surface area contributed by atoms with Crippen LogP contribution in [0.4, 0.5) is 5.82 Å². The number of carbonyl (C=O) groups is 1. The van der Waals surface area contributed by atoms with Crippen LogP contribution in [0.15, 0.2) is 30.6 Å². The monoisotopic (exact) mass is 354 g/mol. The Morgan fingerprint density at radius 3 is 2.96 bits per heavy atom. The molecule has 0 radical (unpaired) electrons. The van der Waals surface area contributed by atoms with E-state index in [1.165, 1.54) is 19.5 Å². The number of amides is 1. The highest BCUT2D eigenvalue weighted by atomic mass is 16.5. The Balaban J connectivity index is 1.42. The fraction of sp³-hybridized carbons (Fsp3) is 0.389. The first kappa shape index (κ1) is 16.6. The van der Waals surface area contributed by atoms with E-state index in [1.807, 2.05) is 12.1 Å². The summed E-state index contributed by atoms with van der Waals surface area (Å²) in [4.78, 5) is 22.5. The molecule has 136 valence electrons. The lowest BCUT2D eigenvalue weighted by Gasteiger charge is -2.30. The van der Waals surface area contributed by atoms with E-state index >= 15 is 0 Å². The van der Waals surface area contributed by atoms with Crippen molar-refractivity contribution in [3.63, 3.8) is 0 Å². The van der Waals surface area contributed by atoms with Crippen LogP contribution in [0.5, 0.6) is 5.88 Å². The van der Waals surface area contributed by atoms with Gasteiger partial charge in [0.2, 0.25) is 5.88 Å². The molecule has 3 aromatic heterocycles. The molecule has 0 saturated carbocycles. The molecule has 0 aliphatic carbocycles. The van der Waals surface area contributed by atoms with Gasteiger partial charge in [-0.2, -0.15) is 5.10 Å². The molecule has 0 bridgehead atoms. The fourth-order valence-corrected chi connectivity index (χ4v) is 2.97. The minimum absolute atomic E-state index is 0.252. The number of aromatic nitrogens is 4. The second-order valence-electron chi connectivity index (χ2n) is 6.47. The van der Waals surface area contributed by atoms with Crippen LogP contribution in [0.3, 0.4) is 0 Å². The Bertz CT molecular complexity index is 911. The van der Waals surface area contributed by atoms with Gasteiger partial charge in [0, 0.05) is 38.1 Å². The topological polar surface area (TPSA) is 88.1 Å². The highest BCUT2D eigenvalue weighted by Gasteiger charge is 2.16. The van der Waals surface area contributed by atoms with Crippen LogP contribution in [-0.2, 0) is 7.05 Å². The van der Waals surface area contributed by atoms with Crippen LogP contribution >= 0.6 is 0 Å². The van der Waals surface area contributed by atoms with Crippen molar-refractivity contribution >= 4 is 22.8 Å². The summed E-state index contributed by atoms with van der Waals surface area (Å²) in [6.07, 6.45) is 5.70. The largest absolute Gasteiger partial charge is 0.478 e. The van der Waals surface area contributed by atoms with Gasteiger partial charge in [-0.25, -0.2) is 4.98 Å². The minimum atomic E-state index is -0.252. The molecule has 1 fully saturated rings. The Kier molecular flexibility index (Phi) is 4.57. The van der Waals surface area contributed by atoms with Crippen LogP contribution in [-0.4, -0.2) is 56.8 Å². The second-order valence-corrected chi connectivity index (χ2v) is 6.47. The number of nitrogens with one attached hydrogen (secondary N) is 2. The van der Waals surface area contributed by atoms with E-state index in [0.717, 1.165) is 18.5 Å². The van der Waals surface area contributed by atoms with Crippen molar-refractivity contribution < 1.29 is 9.53 Å². The first-order chi connectivity index (χ1) is 12.7. The Morgan fingerprint density at radius 2 is 2.23 bits per heavy atom. The number of fused-ring (bicyclic) bond motifs is 1. The lowest BCUT2D eigenvalue weighted by atomic mass is 10.2. The molecular weight excluding hydrogens is 332 g/mol. The number of aromatic amines is 1. The van der Waals surface area contributed by atoms with E-state index in [0.29, 0.717) is 29.4 Å². The van der Waals surface area contributed by atoms with Crippen molar-refractivity contribution in [1.82, 2.24) is 24.6 Å². The summed E-state index contributed by atoms with van der Waals surface area (Å²) in [6.45, 7) is 4.07. The van der Waals surface area contributed by atoms with E-state index in [2.05, 4.69) is 25.3 Å². The quantitative estimate of drug-likeness (QED) is 0.634. The van der Waals surface area contributed by atoms with Crippen LogP contribution in [0.1, 0.15) is 23.2 Å². The minimum Gasteiger partial charge on any atom is -0.478 e. The number of pyridine rings is 1. The molecule has 3 aromatic rings. The molecule has 8 heteroatoms. The van der Waals surface area contributed by atoms with Crippen molar-refractivity contribution in [1.29, 1.82) is 0 Å². The van der Waals surface area contributed by atoms with Crippen molar-refractivity contribution in [2.24, 2.45) is 7.05 Å². The number of rotatable bonds is 7. The predicted molar refractivity (Wildman–Crippen MR) is 98.4 cm³/mol. The van der Waals surface area contributed by atoms with E-state index in [-0.39, 0.29) is 5.91 Å². The van der Waals surface area contributed by atoms with Crippen molar-refractivity contribution in [3.05, 3.63) is 36.2 Å². The summed E-state index contributed by atoms with van der Waals surface area (Å²) in [5.41, 5.74) is 1.86. The van der Waals surface area contributed by atoms with Crippen LogP contribution in [0.25, 0.3) is 11.0 Å². The lowest BCUT2D eigenvalue weighted by molar-refractivity contribution is 0.102. The number of carbonyl (C=O) groups excluding carboxylic acids is 1. The number of nitrogens with zero attached hydrogens (tertiary/aromatic N) is 4. The van der Waals surface area contributed by atoms with Gasteiger partial charge in [-0.15, -0.1) is 0 Å². The second kappa shape index (κ2) is 7.17. The van der Waals surface area contributed by atoms with Crippen LogP contribution in [0, 0.1) is 0 Å². The summed E-state index contributed by atoms with van der Waals surface area (Å²) in [5, 5.41) is 6.94. The maximum absolute atomic E-state index is 12.5. The molecular formula is C18H22N6O2. The number of ether oxygens (including phenoxy) is 1. The van der Waals surface area contributed by atoms with Gasteiger partial charge in [-0.05, 0) is 32.0 Å². The highest BCUT2D eigenvalue weighted by Crippen LogP contribution is 2.21. The van der Waals surface area contributed by atoms with Crippen LogP contribution in [0.2, 0.25) is 0 Å². The number of hydrogen-bond donors (Lipinski definition) is 2.